The average molecular weight is 327 g/mol. The first-order chi connectivity index (χ1) is 8.86. The molecule has 0 spiro atoms. The minimum Gasteiger partial charge on any atom is -0.480 e. The fourth-order valence-electron chi connectivity index (χ4n) is 1.68. The summed E-state index contributed by atoms with van der Waals surface area (Å²) in [6, 6.07) is 1.75. The van der Waals surface area contributed by atoms with Crippen LogP contribution in [0, 0.1) is 12.3 Å². The van der Waals surface area contributed by atoms with Crippen LogP contribution in [0.3, 0.4) is 0 Å². The molecule has 1 rings (SSSR count). The Labute approximate surface area is 120 Å². The Bertz CT molecular complexity index is 528. The number of hydrogen-bond acceptors (Lipinski definition) is 2. The largest absolute Gasteiger partial charge is 0.480 e. The molecule has 1 N–H and O–H groups in total. The van der Waals surface area contributed by atoms with Crippen molar-refractivity contribution in [3.63, 3.8) is 0 Å². The van der Waals surface area contributed by atoms with Crippen molar-refractivity contribution < 1.29 is 14.7 Å². The topological polar surface area (TPSA) is 62.5 Å². The Morgan fingerprint density at radius 3 is 2.68 bits per heavy atom. The van der Waals surface area contributed by atoms with Gasteiger partial charge in [-0.25, -0.2) is 0 Å². The normalized spacial score (nSPS) is 10.3. The number of aliphatic carboxylic acids is 1. The highest BCUT2D eigenvalue weighted by atomic mass is 79.9. The molecule has 0 radical (unpaired) electrons. The summed E-state index contributed by atoms with van der Waals surface area (Å²) in [6.45, 7) is 3.42. The van der Waals surface area contributed by atoms with E-state index in [1.807, 2.05) is 13.8 Å². The molecule has 1 amide bonds. The van der Waals surface area contributed by atoms with Crippen molar-refractivity contribution >= 4 is 27.8 Å². The number of carboxylic acids is 1. The zero-order valence-electron chi connectivity index (χ0n) is 10.8. The van der Waals surface area contributed by atoms with Crippen molar-refractivity contribution in [3.8, 4) is 12.3 Å². The lowest BCUT2D eigenvalue weighted by molar-refractivity contribution is -0.137. The first kappa shape index (κ1) is 15.3. The van der Waals surface area contributed by atoms with Gasteiger partial charge < -0.3 is 14.6 Å². The fourth-order valence-corrected chi connectivity index (χ4v) is 2.12. The van der Waals surface area contributed by atoms with Gasteiger partial charge in [0.1, 0.15) is 12.2 Å². The molecule has 0 aliphatic rings. The number of terminal acetylenes is 1. The highest BCUT2D eigenvalue weighted by molar-refractivity contribution is 9.10. The lowest BCUT2D eigenvalue weighted by Crippen LogP contribution is -2.37. The summed E-state index contributed by atoms with van der Waals surface area (Å²) < 4.78 is 2.54. The van der Waals surface area contributed by atoms with Crippen LogP contribution in [-0.2, 0) is 4.79 Å². The third-order valence-electron chi connectivity index (χ3n) is 2.49. The van der Waals surface area contributed by atoms with E-state index >= 15 is 0 Å². The van der Waals surface area contributed by atoms with Gasteiger partial charge in [0, 0.05) is 16.7 Å². The minimum atomic E-state index is -1.09. The van der Waals surface area contributed by atoms with Crippen LogP contribution in [0.25, 0.3) is 0 Å². The zero-order valence-corrected chi connectivity index (χ0v) is 12.3. The summed E-state index contributed by atoms with van der Waals surface area (Å²) in [5.41, 5.74) is 0.415. The number of carboxylic acid groups (broad SMARTS) is 1. The molecule has 0 aliphatic carbocycles. The molecule has 0 saturated carbocycles. The van der Waals surface area contributed by atoms with Crippen LogP contribution in [0.15, 0.2) is 16.7 Å². The molecular formula is C13H15BrN2O3. The average Bonchev–Trinajstić information content (AvgIpc) is 2.69. The van der Waals surface area contributed by atoms with E-state index < -0.39 is 12.5 Å². The number of nitrogens with zero attached hydrogens (tertiary/aromatic N) is 2. The monoisotopic (exact) mass is 326 g/mol. The van der Waals surface area contributed by atoms with E-state index in [1.54, 1.807) is 16.8 Å². The second-order valence-electron chi connectivity index (χ2n) is 4.30. The quantitative estimate of drug-likeness (QED) is 0.842. The SMILES string of the molecule is C#CCN(CC(=O)O)C(=O)c1cc(Br)cn1C(C)C. The Balaban J connectivity index is 3.09. The number of amides is 1. The first-order valence-electron chi connectivity index (χ1n) is 5.68. The standard InChI is InChI=1S/C13H15BrN2O3/c1-4-5-15(8-12(17)18)13(19)11-6-10(14)7-16(11)9(2)3/h1,6-7,9H,5,8H2,2-3H3,(H,17,18). The van der Waals surface area contributed by atoms with Crippen LogP contribution in [-0.4, -0.2) is 39.5 Å². The Morgan fingerprint density at radius 2 is 2.21 bits per heavy atom. The lowest BCUT2D eigenvalue weighted by atomic mass is 10.3. The van der Waals surface area contributed by atoms with Gasteiger partial charge in [0.2, 0.25) is 0 Å². The Hall–Kier alpha value is -1.74. The van der Waals surface area contributed by atoms with Crippen LogP contribution in [0.1, 0.15) is 30.4 Å². The van der Waals surface area contributed by atoms with Crippen LogP contribution < -0.4 is 0 Å². The minimum absolute atomic E-state index is 0.0357. The second-order valence-corrected chi connectivity index (χ2v) is 5.22. The molecule has 0 aliphatic heterocycles. The van der Waals surface area contributed by atoms with Crippen molar-refractivity contribution in [3.05, 3.63) is 22.4 Å². The van der Waals surface area contributed by atoms with Crippen molar-refractivity contribution in [2.24, 2.45) is 0 Å². The van der Waals surface area contributed by atoms with E-state index in [4.69, 9.17) is 11.5 Å². The van der Waals surface area contributed by atoms with E-state index in [2.05, 4.69) is 21.9 Å². The van der Waals surface area contributed by atoms with Gasteiger partial charge in [-0.2, -0.15) is 0 Å². The highest BCUT2D eigenvalue weighted by Crippen LogP contribution is 2.20. The van der Waals surface area contributed by atoms with Crippen molar-refractivity contribution in [1.29, 1.82) is 0 Å². The predicted molar refractivity (Wildman–Crippen MR) is 74.9 cm³/mol. The van der Waals surface area contributed by atoms with E-state index in [0.29, 0.717) is 5.69 Å². The number of aromatic nitrogens is 1. The van der Waals surface area contributed by atoms with Crippen molar-refractivity contribution in [1.82, 2.24) is 9.47 Å². The van der Waals surface area contributed by atoms with Crippen LogP contribution in [0.5, 0.6) is 0 Å². The molecule has 0 bridgehead atoms. The molecule has 102 valence electrons. The van der Waals surface area contributed by atoms with Gasteiger partial charge in [0.25, 0.3) is 5.91 Å². The molecule has 6 heteroatoms. The number of halogens is 1. The second kappa shape index (κ2) is 6.43. The Morgan fingerprint density at radius 1 is 1.58 bits per heavy atom. The summed E-state index contributed by atoms with van der Waals surface area (Å²) in [4.78, 5) is 24.2. The molecule has 19 heavy (non-hydrogen) atoms. The summed E-state index contributed by atoms with van der Waals surface area (Å²) in [5, 5.41) is 8.81. The molecule has 0 unspecified atom stereocenters. The first-order valence-corrected chi connectivity index (χ1v) is 6.48. The van der Waals surface area contributed by atoms with Gasteiger partial charge in [0.15, 0.2) is 0 Å². The molecule has 0 aromatic carbocycles. The fraction of sp³-hybridized carbons (Fsp3) is 0.385. The summed E-state index contributed by atoms with van der Waals surface area (Å²) in [5.74, 6) is 0.819. The van der Waals surface area contributed by atoms with Gasteiger partial charge in [-0.3, -0.25) is 9.59 Å². The molecule has 1 aromatic rings. The van der Waals surface area contributed by atoms with Gasteiger partial charge in [-0.15, -0.1) is 6.42 Å². The zero-order chi connectivity index (χ0) is 14.6. The summed E-state index contributed by atoms with van der Waals surface area (Å²) in [7, 11) is 0. The van der Waals surface area contributed by atoms with Crippen LogP contribution >= 0.6 is 15.9 Å². The van der Waals surface area contributed by atoms with Crippen molar-refractivity contribution in [2.75, 3.05) is 13.1 Å². The smallest absolute Gasteiger partial charge is 0.323 e. The molecule has 0 saturated heterocycles. The van der Waals surface area contributed by atoms with Crippen molar-refractivity contribution in [2.45, 2.75) is 19.9 Å². The maximum absolute atomic E-state index is 12.3. The molecule has 1 heterocycles. The number of carbonyl (C=O) groups excluding carboxylic acids is 1. The highest BCUT2D eigenvalue weighted by Gasteiger charge is 2.22. The van der Waals surface area contributed by atoms with E-state index in [0.717, 1.165) is 9.37 Å². The number of carbonyl (C=O) groups is 2. The van der Waals surface area contributed by atoms with E-state index in [9.17, 15) is 9.59 Å². The molecule has 1 aromatic heterocycles. The summed E-state index contributed by atoms with van der Waals surface area (Å²) >= 11 is 3.31. The van der Waals surface area contributed by atoms with Gasteiger partial charge >= 0.3 is 5.97 Å². The summed E-state index contributed by atoms with van der Waals surface area (Å²) in [6.07, 6.45) is 6.96. The van der Waals surface area contributed by atoms with Crippen LogP contribution in [0.4, 0.5) is 0 Å². The molecular weight excluding hydrogens is 312 g/mol. The van der Waals surface area contributed by atoms with E-state index in [1.165, 1.54) is 0 Å². The number of hydrogen-bond donors (Lipinski definition) is 1. The molecule has 0 atom stereocenters. The maximum Gasteiger partial charge on any atom is 0.323 e. The van der Waals surface area contributed by atoms with E-state index in [-0.39, 0.29) is 18.5 Å². The Kier molecular flexibility index (Phi) is 5.19. The third-order valence-corrected chi connectivity index (χ3v) is 2.92. The maximum atomic E-state index is 12.3. The molecule has 0 fully saturated rings. The third kappa shape index (κ3) is 3.86. The van der Waals surface area contributed by atoms with Gasteiger partial charge in [0.05, 0.1) is 6.54 Å². The van der Waals surface area contributed by atoms with Gasteiger partial charge in [-0.1, -0.05) is 5.92 Å². The van der Waals surface area contributed by atoms with Gasteiger partial charge in [-0.05, 0) is 35.8 Å². The lowest BCUT2D eigenvalue weighted by Gasteiger charge is -2.20. The molecule has 5 nitrogen and oxygen atoms in total. The van der Waals surface area contributed by atoms with Crippen LogP contribution in [0.2, 0.25) is 0 Å². The number of rotatable bonds is 5. The predicted octanol–water partition coefficient (Wildman–Crippen LogP) is 1.99.